The van der Waals surface area contributed by atoms with E-state index in [1.165, 1.54) is 48.5 Å². The molecule has 4 rings (SSSR count). The van der Waals surface area contributed by atoms with Gasteiger partial charge in [0.1, 0.15) is 27.2 Å². The number of phenols is 1. The van der Waals surface area contributed by atoms with Crippen molar-refractivity contribution in [1.29, 1.82) is 0 Å². The molecule has 2 aliphatic rings. The number of rotatable bonds is 10. The molecule has 1 aliphatic carbocycles. The molecule has 39 heavy (non-hydrogen) atoms. The van der Waals surface area contributed by atoms with Gasteiger partial charge in [-0.25, -0.2) is 13.4 Å². The molecule has 0 saturated carbocycles. The summed E-state index contributed by atoms with van der Waals surface area (Å²) < 4.78 is 43.2. The Hall–Kier alpha value is -3.77. The Balaban J connectivity index is 1.93. The predicted molar refractivity (Wildman–Crippen MR) is 144 cm³/mol. The first-order valence-corrected chi connectivity index (χ1v) is 13.9. The second-order valence-corrected chi connectivity index (χ2v) is 10.5. The van der Waals surface area contributed by atoms with Crippen LogP contribution < -0.4 is 16.2 Å². The van der Waals surface area contributed by atoms with Gasteiger partial charge in [0, 0.05) is 40.6 Å². The molecule has 0 radical (unpaired) electrons. The Labute approximate surface area is 228 Å². The van der Waals surface area contributed by atoms with E-state index in [-0.39, 0.29) is 50.9 Å². The molecule has 10 nitrogen and oxygen atoms in total. The van der Waals surface area contributed by atoms with E-state index in [0.717, 1.165) is 6.07 Å². The molecule has 2 aromatic carbocycles. The summed E-state index contributed by atoms with van der Waals surface area (Å²) in [7, 11) is -5.10. The molecule has 1 atom stereocenters. The van der Waals surface area contributed by atoms with Gasteiger partial charge in [0.15, 0.2) is 5.43 Å². The van der Waals surface area contributed by atoms with Crippen molar-refractivity contribution in [3.63, 3.8) is 0 Å². The molecule has 0 fully saturated rings. The van der Waals surface area contributed by atoms with Crippen molar-refractivity contribution >= 4 is 44.4 Å². The van der Waals surface area contributed by atoms with Gasteiger partial charge < -0.3 is 24.9 Å². The van der Waals surface area contributed by atoms with Crippen LogP contribution in [0.25, 0.3) is 33.4 Å². The van der Waals surface area contributed by atoms with Gasteiger partial charge in [0.25, 0.3) is 0 Å². The van der Waals surface area contributed by atoms with Crippen LogP contribution in [0.4, 0.5) is 0 Å². The van der Waals surface area contributed by atoms with Gasteiger partial charge in [-0.3, -0.25) is 9.59 Å². The highest BCUT2D eigenvalue weighted by Crippen LogP contribution is 2.42. The summed E-state index contributed by atoms with van der Waals surface area (Å²) >= 11 is 5.71. The number of alkyl halides is 1. The quantitative estimate of drug-likeness (QED) is 0.0549. The van der Waals surface area contributed by atoms with Crippen molar-refractivity contribution in [2.24, 2.45) is 5.73 Å². The molecular weight excluding hydrogens is 548 g/mol. The molecule has 12 heteroatoms. The molecular formula is C27H25ClN2O8S. The topological polar surface area (TPSA) is 185 Å². The smallest absolute Gasteiger partial charge is 0.366 e. The van der Waals surface area contributed by atoms with Gasteiger partial charge in [-0.15, -0.1) is 11.6 Å². The Kier molecular flexibility index (Phi) is 8.36. The number of fused-ring (bicyclic) bond motifs is 2. The van der Waals surface area contributed by atoms with E-state index >= 15 is 0 Å². The predicted octanol–water partition coefficient (Wildman–Crippen LogP) is 1.87. The maximum absolute atomic E-state index is 12.5. The van der Waals surface area contributed by atoms with Crippen molar-refractivity contribution in [3.05, 3.63) is 70.4 Å². The van der Waals surface area contributed by atoms with E-state index in [1.807, 2.05) is 0 Å². The van der Waals surface area contributed by atoms with Crippen LogP contribution in [0.15, 0.2) is 68.7 Å². The van der Waals surface area contributed by atoms with Crippen LogP contribution in [0, 0.1) is 0 Å². The lowest BCUT2D eigenvalue weighted by Crippen LogP contribution is -2.82. The number of hydrogen-bond donors (Lipinski definition) is 4. The maximum Gasteiger partial charge on any atom is 0.366 e. The lowest BCUT2D eigenvalue weighted by Gasteiger charge is -2.19. The lowest BCUT2D eigenvalue weighted by molar-refractivity contribution is -0.495. The third-order valence-corrected chi connectivity index (χ3v) is 7.39. The first-order valence-electron chi connectivity index (χ1n) is 11.9. The van der Waals surface area contributed by atoms with E-state index < -0.39 is 27.0 Å². The fourth-order valence-electron chi connectivity index (χ4n) is 4.38. The van der Waals surface area contributed by atoms with E-state index in [4.69, 9.17) is 21.8 Å². The molecule has 0 bridgehead atoms. The van der Waals surface area contributed by atoms with E-state index in [1.54, 1.807) is 0 Å². The van der Waals surface area contributed by atoms with Crippen molar-refractivity contribution in [2.75, 3.05) is 12.4 Å². The minimum atomic E-state index is -5.10. The van der Waals surface area contributed by atoms with Crippen molar-refractivity contribution < 1.29 is 37.4 Å². The van der Waals surface area contributed by atoms with Crippen molar-refractivity contribution in [3.8, 4) is 28.2 Å². The number of phenolic OH excluding ortho intramolecular Hbond substituents is 1. The Morgan fingerprint density at radius 2 is 1.82 bits per heavy atom. The number of Topliss-reactive ketones (excluding diaryl/α,β-unsaturated/α-hetero) is 1. The minimum Gasteiger partial charge on any atom is -0.744 e. The number of aliphatic hydroxyl groups is 1. The van der Waals surface area contributed by atoms with Crippen LogP contribution in [0.1, 0.15) is 24.8 Å². The number of halogens is 1. The number of aliphatic hydroxyl groups excluding tert-OH is 1. The minimum absolute atomic E-state index is 0.00646. The maximum atomic E-state index is 12.5. The first kappa shape index (κ1) is 28.2. The van der Waals surface area contributed by atoms with Gasteiger partial charge >= 0.3 is 5.90 Å². The highest BCUT2D eigenvalue weighted by Gasteiger charge is 2.26. The molecule has 1 unspecified atom stereocenters. The fourth-order valence-corrected chi connectivity index (χ4v) is 5.28. The number of unbranched alkanes of at least 4 members (excludes halogenated alkanes) is 1. The molecule has 0 amide bonds. The number of benzene rings is 3. The average Bonchev–Trinajstić information content (AvgIpc) is 2.89. The number of nitrogens with two attached hydrogens (primary N) is 1. The first-order chi connectivity index (χ1) is 18.5. The number of hydrogen-bond acceptors (Lipinski definition) is 8. The zero-order valence-electron chi connectivity index (χ0n) is 20.5. The van der Waals surface area contributed by atoms with Gasteiger partial charge in [-0.05, 0) is 55.8 Å². The van der Waals surface area contributed by atoms with Crippen LogP contribution in [-0.2, 0) is 14.9 Å². The molecule has 2 aromatic rings. The number of carbonyl (C=O) groups is 1. The molecule has 0 aromatic heterocycles. The van der Waals surface area contributed by atoms with Crippen LogP contribution in [0.3, 0.4) is 0 Å². The van der Waals surface area contributed by atoms with E-state index in [9.17, 15) is 32.8 Å². The summed E-state index contributed by atoms with van der Waals surface area (Å²) in [5.74, 6) is -1.20. The monoisotopic (exact) mass is 572 g/mol. The summed E-state index contributed by atoms with van der Waals surface area (Å²) in [6.07, 6.45) is 1.57. The second kappa shape index (κ2) is 11.5. The van der Waals surface area contributed by atoms with E-state index in [2.05, 4.69) is 4.99 Å². The average molecular weight is 573 g/mol. The summed E-state index contributed by atoms with van der Waals surface area (Å²) in [5.41, 5.74) is 5.88. The fraction of sp³-hybridized carbons (Fsp3) is 0.222. The van der Waals surface area contributed by atoms with Crippen molar-refractivity contribution in [2.45, 2.75) is 30.2 Å². The standard InChI is InChI=1S/C27H25ClN2O8S/c28-14-22(33)21(3-1-2-10-29)30-27(34)15-4-7-20(25(11-15)39(35,36)37)26-18-8-5-16(31)12-23(18)38-24-13-17(32)6-9-19(24)26/h4-9,11-13,21,31H,1-3,10,14,29H2,(H,30,34)(H,35,36,37). The van der Waals surface area contributed by atoms with Crippen LogP contribution >= 0.6 is 11.6 Å². The SMILES string of the molecule is NCCCCC([NH+]=C(O)c1ccc(-c2c3ccc(=O)cc-3oc3cc(O)ccc23)c(S(=O)(=O)[O-])c1)C(=O)CCl. The molecule has 1 aliphatic heterocycles. The van der Waals surface area contributed by atoms with Gasteiger partial charge in [-0.1, -0.05) is 6.07 Å². The highest BCUT2D eigenvalue weighted by molar-refractivity contribution is 7.85. The normalized spacial score (nSPS) is 13.2. The number of carbonyl (C=O) groups excluding carboxylic acids is 1. The molecule has 0 spiro atoms. The zero-order chi connectivity index (χ0) is 28.3. The van der Waals surface area contributed by atoms with Gasteiger partial charge in [-0.2, -0.15) is 0 Å². The van der Waals surface area contributed by atoms with E-state index in [0.29, 0.717) is 36.8 Å². The number of ketones is 1. The molecule has 1 heterocycles. The Morgan fingerprint density at radius 1 is 1.08 bits per heavy atom. The molecule has 204 valence electrons. The number of aromatic hydroxyl groups is 1. The lowest BCUT2D eigenvalue weighted by atomic mass is 9.93. The Bertz CT molecular complexity index is 1710. The summed E-state index contributed by atoms with van der Waals surface area (Å²) in [6, 6.07) is 11.0. The van der Waals surface area contributed by atoms with Crippen LogP contribution in [0.5, 0.6) is 5.75 Å². The van der Waals surface area contributed by atoms with Gasteiger partial charge in [0.05, 0.1) is 16.3 Å². The summed E-state index contributed by atoms with van der Waals surface area (Å²) in [6.45, 7) is 0.426. The highest BCUT2D eigenvalue weighted by atomic mass is 35.5. The molecule has 0 saturated heterocycles. The third kappa shape index (κ3) is 6.12. The zero-order valence-corrected chi connectivity index (χ0v) is 22.1. The van der Waals surface area contributed by atoms with Gasteiger partial charge in [0.2, 0.25) is 11.8 Å². The van der Waals surface area contributed by atoms with Crippen LogP contribution in [-0.4, -0.2) is 53.3 Å². The summed E-state index contributed by atoms with van der Waals surface area (Å²) in [4.78, 5) is 26.3. The third-order valence-electron chi connectivity index (χ3n) is 6.25. The van der Waals surface area contributed by atoms with Crippen molar-refractivity contribution in [1.82, 2.24) is 0 Å². The Morgan fingerprint density at radius 3 is 2.51 bits per heavy atom. The molecule has 5 N–H and O–H groups in total. The largest absolute Gasteiger partial charge is 0.744 e. The number of nitrogens with one attached hydrogen (secondary N) is 1. The second-order valence-electron chi connectivity index (χ2n) is 8.91. The van der Waals surface area contributed by atoms with Crippen LogP contribution in [0.2, 0.25) is 0 Å². The summed E-state index contributed by atoms with van der Waals surface area (Å²) in [5, 5.41) is 21.1.